The molecule has 0 aliphatic carbocycles. The number of phenolic OH excluding ortho intramolecular Hbond substituents is 1. The van der Waals surface area contributed by atoms with Gasteiger partial charge in [-0.2, -0.15) is 0 Å². The monoisotopic (exact) mass is 249 g/mol. The Bertz CT molecular complexity index is 388. The molecule has 1 aromatic carbocycles. The maximum atomic E-state index is 11.7. The highest BCUT2D eigenvalue weighted by molar-refractivity contribution is 5.91. The number of benzene rings is 1. The predicted molar refractivity (Wildman–Crippen MR) is 74.8 cm³/mol. The van der Waals surface area contributed by atoms with E-state index in [4.69, 9.17) is 0 Å². The summed E-state index contributed by atoms with van der Waals surface area (Å²) in [6.45, 7) is 4.05. The van der Waals surface area contributed by atoms with Crippen LogP contribution in [0.4, 0.5) is 5.69 Å². The number of aromatic hydroxyl groups is 1. The molecule has 0 atom stereocenters. The second-order valence-electron chi connectivity index (χ2n) is 4.71. The van der Waals surface area contributed by atoms with Crippen LogP contribution in [-0.2, 0) is 4.79 Å². The van der Waals surface area contributed by atoms with Crippen molar-refractivity contribution in [3.63, 3.8) is 0 Å². The summed E-state index contributed by atoms with van der Waals surface area (Å²) in [7, 11) is 0. The first-order valence-corrected chi connectivity index (χ1v) is 6.73. The van der Waals surface area contributed by atoms with Gasteiger partial charge in [-0.05, 0) is 37.1 Å². The lowest BCUT2D eigenvalue weighted by molar-refractivity contribution is -0.116. The number of unbranched alkanes of at least 4 members (excludes halogenated alkanes) is 4. The Kier molecular flexibility index (Phi) is 6.26. The van der Waals surface area contributed by atoms with Crippen molar-refractivity contribution in [2.45, 2.75) is 52.4 Å². The van der Waals surface area contributed by atoms with E-state index in [1.165, 1.54) is 19.3 Å². The third-order valence-electron chi connectivity index (χ3n) is 2.99. The van der Waals surface area contributed by atoms with Gasteiger partial charge in [0.25, 0.3) is 0 Å². The molecule has 1 rings (SSSR count). The summed E-state index contributed by atoms with van der Waals surface area (Å²) in [5, 5.41) is 12.2. The van der Waals surface area contributed by atoms with Crippen molar-refractivity contribution in [3.8, 4) is 5.75 Å². The van der Waals surface area contributed by atoms with E-state index in [1.807, 2.05) is 6.92 Å². The van der Waals surface area contributed by atoms with Gasteiger partial charge in [0.1, 0.15) is 5.75 Å². The van der Waals surface area contributed by atoms with Crippen LogP contribution in [0.2, 0.25) is 0 Å². The maximum Gasteiger partial charge on any atom is 0.224 e. The molecule has 0 heterocycles. The van der Waals surface area contributed by atoms with E-state index in [9.17, 15) is 9.90 Å². The Morgan fingerprint density at radius 2 is 1.94 bits per heavy atom. The number of anilines is 1. The second kappa shape index (κ2) is 7.75. The molecule has 0 radical (unpaired) electrons. The largest absolute Gasteiger partial charge is 0.508 e. The molecule has 0 bridgehead atoms. The molecular formula is C15H23NO2. The summed E-state index contributed by atoms with van der Waals surface area (Å²) in [6.07, 6.45) is 6.32. The van der Waals surface area contributed by atoms with Gasteiger partial charge in [0.05, 0.1) is 0 Å². The van der Waals surface area contributed by atoms with Gasteiger partial charge in [-0.25, -0.2) is 0 Å². The fourth-order valence-corrected chi connectivity index (χ4v) is 1.89. The normalized spacial score (nSPS) is 10.3. The lowest BCUT2D eigenvalue weighted by Crippen LogP contribution is -2.11. The van der Waals surface area contributed by atoms with Crippen molar-refractivity contribution in [1.29, 1.82) is 0 Å². The molecule has 0 fully saturated rings. The summed E-state index contributed by atoms with van der Waals surface area (Å²) < 4.78 is 0. The van der Waals surface area contributed by atoms with Crippen LogP contribution in [-0.4, -0.2) is 11.0 Å². The molecule has 3 nitrogen and oxygen atoms in total. The van der Waals surface area contributed by atoms with Crippen LogP contribution in [0.1, 0.15) is 51.0 Å². The van der Waals surface area contributed by atoms with Crippen molar-refractivity contribution < 1.29 is 9.90 Å². The van der Waals surface area contributed by atoms with E-state index in [0.717, 1.165) is 24.1 Å². The minimum atomic E-state index is 0.0558. The number of carbonyl (C=O) groups is 1. The number of rotatable bonds is 7. The van der Waals surface area contributed by atoms with Crippen molar-refractivity contribution in [2.24, 2.45) is 0 Å². The highest BCUT2D eigenvalue weighted by atomic mass is 16.3. The molecule has 18 heavy (non-hydrogen) atoms. The highest BCUT2D eigenvalue weighted by Crippen LogP contribution is 2.20. The van der Waals surface area contributed by atoms with Crippen LogP contribution in [0.15, 0.2) is 18.2 Å². The molecule has 0 spiro atoms. The zero-order chi connectivity index (χ0) is 13.4. The van der Waals surface area contributed by atoms with Crippen molar-refractivity contribution in [3.05, 3.63) is 23.8 Å². The summed E-state index contributed by atoms with van der Waals surface area (Å²) in [5.41, 5.74) is 1.67. The number of hydrogen-bond acceptors (Lipinski definition) is 2. The summed E-state index contributed by atoms with van der Waals surface area (Å²) in [4.78, 5) is 11.7. The highest BCUT2D eigenvalue weighted by Gasteiger charge is 2.05. The van der Waals surface area contributed by atoms with Crippen LogP contribution in [0.5, 0.6) is 5.75 Å². The molecule has 2 N–H and O–H groups in total. The molecule has 1 aromatic rings. The van der Waals surface area contributed by atoms with Crippen LogP contribution in [0.25, 0.3) is 0 Å². The lowest BCUT2D eigenvalue weighted by atomic mass is 10.1. The average molecular weight is 249 g/mol. The number of aryl methyl sites for hydroxylation is 1. The van der Waals surface area contributed by atoms with Crippen molar-refractivity contribution >= 4 is 11.6 Å². The number of nitrogens with one attached hydrogen (secondary N) is 1. The van der Waals surface area contributed by atoms with Gasteiger partial charge in [-0.1, -0.05) is 32.6 Å². The van der Waals surface area contributed by atoms with E-state index >= 15 is 0 Å². The third kappa shape index (κ3) is 5.21. The van der Waals surface area contributed by atoms with E-state index in [2.05, 4.69) is 12.2 Å². The van der Waals surface area contributed by atoms with Crippen molar-refractivity contribution in [1.82, 2.24) is 0 Å². The Balaban J connectivity index is 2.31. The van der Waals surface area contributed by atoms with Gasteiger partial charge in [0, 0.05) is 12.1 Å². The molecule has 0 saturated heterocycles. The fraction of sp³-hybridized carbons (Fsp3) is 0.533. The van der Waals surface area contributed by atoms with E-state index in [-0.39, 0.29) is 11.7 Å². The summed E-state index contributed by atoms with van der Waals surface area (Å²) in [6, 6.07) is 4.97. The molecule has 3 heteroatoms. The average Bonchev–Trinajstić information content (AvgIpc) is 2.32. The van der Waals surface area contributed by atoms with E-state index in [0.29, 0.717) is 6.42 Å². The predicted octanol–water partition coefficient (Wildman–Crippen LogP) is 4.00. The minimum absolute atomic E-state index is 0.0558. The number of carbonyl (C=O) groups excluding carboxylic acids is 1. The summed E-state index contributed by atoms with van der Waals surface area (Å²) >= 11 is 0. The second-order valence-corrected chi connectivity index (χ2v) is 4.71. The first-order chi connectivity index (χ1) is 8.63. The first-order valence-electron chi connectivity index (χ1n) is 6.73. The van der Waals surface area contributed by atoms with Crippen LogP contribution >= 0.6 is 0 Å². The molecule has 1 amide bonds. The van der Waals surface area contributed by atoms with Gasteiger partial charge in [-0.3, -0.25) is 4.79 Å². The third-order valence-corrected chi connectivity index (χ3v) is 2.99. The minimum Gasteiger partial charge on any atom is -0.508 e. The topological polar surface area (TPSA) is 49.3 Å². The number of phenols is 1. The number of hydrogen-bond donors (Lipinski definition) is 2. The van der Waals surface area contributed by atoms with Gasteiger partial charge in [0.15, 0.2) is 0 Å². The maximum absolute atomic E-state index is 11.7. The van der Waals surface area contributed by atoms with Gasteiger partial charge >= 0.3 is 0 Å². The number of amides is 1. The smallest absolute Gasteiger partial charge is 0.224 e. The zero-order valence-electron chi connectivity index (χ0n) is 11.3. The van der Waals surface area contributed by atoms with E-state index in [1.54, 1.807) is 18.2 Å². The fourth-order valence-electron chi connectivity index (χ4n) is 1.89. The Hall–Kier alpha value is -1.51. The lowest BCUT2D eigenvalue weighted by Gasteiger charge is -2.08. The molecule has 0 saturated carbocycles. The van der Waals surface area contributed by atoms with E-state index < -0.39 is 0 Å². The zero-order valence-corrected chi connectivity index (χ0v) is 11.3. The molecule has 0 unspecified atom stereocenters. The SMILES string of the molecule is CCCCCCCC(=O)Nc1ccc(O)cc1C. The van der Waals surface area contributed by atoms with Crippen LogP contribution in [0, 0.1) is 6.92 Å². The van der Waals surface area contributed by atoms with Crippen molar-refractivity contribution in [2.75, 3.05) is 5.32 Å². The van der Waals surface area contributed by atoms with Crippen LogP contribution in [0.3, 0.4) is 0 Å². The molecule has 0 aliphatic heterocycles. The summed E-state index contributed by atoms with van der Waals surface area (Å²) in [5.74, 6) is 0.283. The quantitative estimate of drug-likeness (QED) is 0.567. The van der Waals surface area contributed by atoms with Gasteiger partial charge in [0.2, 0.25) is 5.91 Å². The molecule has 0 aliphatic rings. The molecular weight excluding hydrogens is 226 g/mol. The Morgan fingerprint density at radius 3 is 2.61 bits per heavy atom. The first kappa shape index (κ1) is 14.6. The van der Waals surface area contributed by atoms with Gasteiger partial charge < -0.3 is 10.4 Å². The Morgan fingerprint density at radius 1 is 1.22 bits per heavy atom. The standard InChI is InChI=1S/C15H23NO2/c1-3-4-5-6-7-8-15(18)16-14-10-9-13(17)11-12(14)2/h9-11,17H,3-8H2,1-2H3,(H,16,18). The van der Waals surface area contributed by atoms with Crippen LogP contribution < -0.4 is 5.32 Å². The molecule has 100 valence electrons. The Labute approximate surface area is 109 Å². The molecule has 0 aromatic heterocycles. The van der Waals surface area contributed by atoms with Gasteiger partial charge in [-0.15, -0.1) is 0 Å².